The first-order valence-corrected chi connectivity index (χ1v) is 12.6. The number of rotatable bonds is 8. The van der Waals surface area contributed by atoms with Crippen molar-refractivity contribution in [3.05, 3.63) is 59.9 Å². The molecule has 0 saturated carbocycles. The van der Waals surface area contributed by atoms with E-state index in [0.717, 1.165) is 67.1 Å². The van der Waals surface area contributed by atoms with Gasteiger partial charge in [0.05, 0.1) is 34.5 Å². The minimum atomic E-state index is -0.138. The van der Waals surface area contributed by atoms with Crippen molar-refractivity contribution in [2.75, 3.05) is 44.7 Å². The van der Waals surface area contributed by atoms with Gasteiger partial charge in [-0.3, -0.25) is 9.69 Å². The fourth-order valence-corrected chi connectivity index (χ4v) is 5.14. The molecule has 0 amide bonds. The Hall–Kier alpha value is -2.66. The second-order valence-corrected chi connectivity index (χ2v) is 10.0. The van der Waals surface area contributed by atoms with E-state index in [1.807, 2.05) is 32.1 Å². The number of aromatic nitrogens is 2. The van der Waals surface area contributed by atoms with Crippen molar-refractivity contribution in [3.63, 3.8) is 0 Å². The second kappa shape index (κ2) is 11.5. The Bertz CT molecular complexity index is 1270. The molecule has 0 spiro atoms. The van der Waals surface area contributed by atoms with Crippen LogP contribution in [-0.4, -0.2) is 54.3 Å². The Labute approximate surface area is 200 Å². The highest BCUT2D eigenvalue weighted by Crippen LogP contribution is 2.20. The Kier molecular flexibility index (Phi) is 8.16. The predicted molar refractivity (Wildman–Crippen MR) is 135 cm³/mol. The summed E-state index contributed by atoms with van der Waals surface area (Å²) in [6.07, 6.45) is 6.28. The van der Waals surface area contributed by atoms with Gasteiger partial charge in [0.2, 0.25) is 0 Å². The van der Waals surface area contributed by atoms with Gasteiger partial charge in [0.25, 0.3) is 5.56 Å². The first-order chi connectivity index (χ1) is 16.1. The summed E-state index contributed by atoms with van der Waals surface area (Å²) in [6, 6.07) is 6.01. The minimum Gasteiger partial charge on any atom is -0.379 e. The molecule has 0 radical (unpaired) electrons. The van der Waals surface area contributed by atoms with E-state index in [9.17, 15) is 4.79 Å². The highest BCUT2D eigenvalue weighted by atomic mass is 32.1. The minimum absolute atomic E-state index is 0.138. The van der Waals surface area contributed by atoms with Crippen LogP contribution in [0, 0.1) is 13.8 Å². The molecule has 3 heterocycles. The SMILES string of the molecule is Cc1ccc(N=NC=c2[nH]c(=O)c(=Cc3cnc(NCCCN4CCOCC4)s3)s2)c(C)c1. The number of hydrogen-bond donors (Lipinski definition) is 2. The molecular formula is C23H28N6O2S2. The van der Waals surface area contributed by atoms with Gasteiger partial charge in [-0.2, -0.15) is 10.2 Å². The third kappa shape index (κ3) is 6.91. The van der Waals surface area contributed by atoms with Crippen molar-refractivity contribution in [1.29, 1.82) is 0 Å². The zero-order chi connectivity index (χ0) is 23.0. The zero-order valence-electron chi connectivity index (χ0n) is 18.8. The molecule has 2 aromatic heterocycles. The second-order valence-electron chi connectivity index (χ2n) is 7.87. The monoisotopic (exact) mass is 484 g/mol. The lowest BCUT2D eigenvalue weighted by molar-refractivity contribution is 0.0378. The fourth-order valence-electron chi connectivity index (χ4n) is 3.47. The van der Waals surface area contributed by atoms with Crippen LogP contribution in [0.15, 0.2) is 39.4 Å². The molecule has 33 heavy (non-hydrogen) atoms. The summed E-state index contributed by atoms with van der Waals surface area (Å²) in [6.45, 7) is 9.66. The Morgan fingerprint density at radius 3 is 2.94 bits per heavy atom. The normalized spacial score (nSPS) is 16.2. The standard InChI is InChI=1S/C23H28N6O2S2/c1-16-4-5-19(17(2)12-16)28-26-15-21-27-22(30)20(33-21)13-18-14-25-23(32-18)24-6-3-7-29-8-10-31-11-9-29/h4-5,12-15H,3,6-11H2,1-2H3,(H,24,25)(H,27,30). The number of nitrogens with one attached hydrogen (secondary N) is 2. The number of H-pyrrole nitrogens is 1. The van der Waals surface area contributed by atoms with E-state index in [-0.39, 0.29) is 5.56 Å². The number of aryl methyl sites for hydroxylation is 2. The molecule has 2 N–H and O–H groups in total. The van der Waals surface area contributed by atoms with Crippen molar-refractivity contribution in [1.82, 2.24) is 14.9 Å². The largest absolute Gasteiger partial charge is 0.379 e. The van der Waals surface area contributed by atoms with Crippen LogP contribution in [0.4, 0.5) is 10.8 Å². The van der Waals surface area contributed by atoms with E-state index in [1.165, 1.54) is 28.2 Å². The summed E-state index contributed by atoms with van der Waals surface area (Å²) in [5.41, 5.74) is 2.93. The smallest absolute Gasteiger partial charge is 0.266 e. The van der Waals surface area contributed by atoms with Crippen LogP contribution in [0.5, 0.6) is 0 Å². The Morgan fingerprint density at radius 1 is 1.27 bits per heavy atom. The number of thiazole rings is 2. The predicted octanol–water partition coefficient (Wildman–Crippen LogP) is 2.99. The number of nitrogens with zero attached hydrogens (tertiary/aromatic N) is 4. The molecule has 3 aromatic rings. The van der Waals surface area contributed by atoms with E-state index < -0.39 is 0 Å². The molecule has 1 aliphatic heterocycles. The van der Waals surface area contributed by atoms with Crippen LogP contribution < -0.4 is 20.1 Å². The molecule has 1 aromatic carbocycles. The zero-order valence-corrected chi connectivity index (χ0v) is 20.5. The third-order valence-corrected chi connectivity index (χ3v) is 7.05. The van der Waals surface area contributed by atoms with E-state index >= 15 is 0 Å². The molecule has 10 heteroatoms. The maximum Gasteiger partial charge on any atom is 0.266 e. The van der Waals surface area contributed by atoms with Gasteiger partial charge in [0.15, 0.2) is 5.13 Å². The summed E-state index contributed by atoms with van der Waals surface area (Å²) < 4.78 is 6.65. The van der Waals surface area contributed by atoms with E-state index in [2.05, 4.69) is 36.5 Å². The maximum atomic E-state index is 12.3. The van der Waals surface area contributed by atoms with Crippen LogP contribution in [-0.2, 0) is 4.74 Å². The average Bonchev–Trinajstić information content (AvgIpc) is 3.40. The van der Waals surface area contributed by atoms with Crippen LogP contribution in [0.1, 0.15) is 22.4 Å². The highest BCUT2D eigenvalue weighted by molar-refractivity contribution is 7.16. The van der Waals surface area contributed by atoms with Crippen molar-refractivity contribution in [2.45, 2.75) is 20.3 Å². The summed E-state index contributed by atoms with van der Waals surface area (Å²) in [5.74, 6) is 0. The number of azo groups is 1. The number of morpholine rings is 1. The molecule has 0 atom stereocenters. The van der Waals surface area contributed by atoms with Gasteiger partial charge in [0.1, 0.15) is 4.66 Å². The van der Waals surface area contributed by atoms with Gasteiger partial charge < -0.3 is 15.0 Å². The summed E-state index contributed by atoms with van der Waals surface area (Å²) in [5, 5.41) is 12.6. The van der Waals surface area contributed by atoms with Gasteiger partial charge in [-0.15, -0.1) is 11.3 Å². The lowest BCUT2D eigenvalue weighted by Crippen LogP contribution is -2.37. The first-order valence-electron chi connectivity index (χ1n) is 11.0. The lowest BCUT2D eigenvalue weighted by Gasteiger charge is -2.26. The van der Waals surface area contributed by atoms with Gasteiger partial charge >= 0.3 is 0 Å². The number of anilines is 1. The average molecular weight is 485 g/mol. The van der Waals surface area contributed by atoms with Gasteiger partial charge in [-0.1, -0.05) is 29.0 Å². The summed E-state index contributed by atoms with van der Waals surface area (Å²) in [7, 11) is 0. The van der Waals surface area contributed by atoms with Gasteiger partial charge in [0, 0.05) is 25.8 Å². The Morgan fingerprint density at radius 2 is 2.12 bits per heavy atom. The molecule has 0 unspecified atom stereocenters. The van der Waals surface area contributed by atoms with Crippen LogP contribution in [0.25, 0.3) is 12.3 Å². The van der Waals surface area contributed by atoms with Gasteiger partial charge in [-0.25, -0.2) is 4.98 Å². The molecule has 0 bridgehead atoms. The molecule has 174 valence electrons. The summed E-state index contributed by atoms with van der Waals surface area (Å²) >= 11 is 2.89. The first kappa shape index (κ1) is 23.5. The van der Waals surface area contributed by atoms with Crippen LogP contribution in [0.3, 0.4) is 0 Å². The van der Waals surface area contributed by atoms with Crippen molar-refractivity contribution in [3.8, 4) is 0 Å². The number of ether oxygens (including phenoxy) is 1. The molecule has 1 aliphatic rings. The van der Waals surface area contributed by atoms with Gasteiger partial charge in [-0.05, 0) is 44.5 Å². The fraction of sp³-hybridized carbons (Fsp3) is 0.391. The molecule has 1 saturated heterocycles. The van der Waals surface area contributed by atoms with E-state index in [4.69, 9.17) is 4.74 Å². The molecular weight excluding hydrogens is 456 g/mol. The van der Waals surface area contributed by atoms with Crippen molar-refractivity contribution >= 4 is 45.8 Å². The summed E-state index contributed by atoms with van der Waals surface area (Å²) in [4.78, 5) is 22.9. The van der Waals surface area contributed by atoms with E-state index in [0.29, 0.717) is 9.20 Å². The quantitative estimate of drug-likeness (QED) is 0.379. The molecule has 4 rings (SSSR count). The molecule has 0 aliphatic carbocycles. The number of benzene rings is 1. The third-order valence-electron chi connectivity index (χ3n) is 5.20. The topological polar surface area (TPSA) is 95.0 Å². The van der Waals surface area contributed by atoms with Crippen LogP contribution >= 0.6 is 22.7 Å². The number of hydrogen-bond acceptors (Lipinski definition) is 9. The van der Waals surface area contributed by atoms with E-state index in [1.54, 1.807) is 12.4 Å². The Balaban J connectivity index is 1.35. The molecule has 1 fully saturated rings. The number of aromatic amines is 1. The highest BCUT2D eigenvalue weighted by Gasteiger charge is 2.09. The van der Waals surface area contributed by atoms with Crippen LogP contribution in [0.2, 0.25) is 0 Å². The maximum absolute atomic E-state index is 12.3. The lowest BCUT2D eigenvalue weighted by atomic mass is 10.1. The molecule has 8 nitrogen and oxygen atoms in total. The van der Waals surface area contributed by atoms with Crippen molar-refractivity contribution < 1.29 is 4.74 Å². The van der Waals surface area contributed by atoms with Crippen molar-refractivity contribution in [2.24, 2.45) is 10.2 Å².